The van der Waals surface area contributed by atoms with Crippen LogP contribution in [0.1, 0.15) is 32.6 Å². The molecule has 5 heteroatoms. The number of nitrogens with one attached hydrogen (secondary N) is 1. The summed E-state index contributed by atoms with van der Waals surface area (Å²) in [6.45, 7) is 6.43. The molecule has 0 aliphatic heterocycles. The van der Waals surface area contributed by atoms with Crippen molar-refractivity contribution >= 4 is 0 Å². The topological polar surface area (TPSA) is 63.8 Å². The Morgan fingerprint density at radius 3 is 2.58 bits per heavy atom. The highest BCUT2D eigenvalue weighted by molar-refractivity contribution is 5.47. The van der Waals surface area contributed by atoms with E-state index in [0.717, 1.165) is 5.69 Å². The molecule has 2 heterocycles. The van der Waals surface area contributed by atoms with Gasteiger partial charge >= 0.3 is 0 Å². The number of likely N-dealkylation sites (N-methyl/N-ethyl adjacent to an activating group) is 1. The van der Waals surface area contributed by atoms with Gasteiger partial charge in [-0.05, 0) is 32.0 Å². The number of nitrogens with zero attached hydrogens (tertiary/aromatic N) is 3. The van der Waals surface area contributed by atoms with E-state index in [-0.39, 0.29) is 12.0 Å². The van der Waals surface area contributed by atoms with Gasteiger partial charge in [0, 0.05) is 12.2 Å². The fourth-order valence-corrected chi connectivity index (χ4v) is 2.23. The van der Waals surface area contributed by atoms with Crippen LogP contribution >= 0.6 is 0 Å². The van der Waals surface area contributed by atoms with Gasteiger partial charge in [-0.1, -0.05) is 25.1 Å². The number of rotatable bonds is 5. The van der Waals surface area contributed by atoms with Crippen molar-refractivity contribution in [3.8, 4) is 11.5 Å². The maximum Gasteiger partial charge on any atom is 0.231 e. The smallest absolute Gasteiger partial charge is 0.231 e. The third kappa shape index (κ3) is 2.98. The summed E-state index contributed by atoms with van der Waals surface area (Å²) in [5, 5.41) is 7.28. The van der Waals surface area contributed by atoms with Crippen LogP contribution in [0.2, 0.25) is 0 Å². The van der Waals surface area contributed by atoms with E-state index in [1.54, 1.807) is 6.20 Å². The van der Waals surface area contributed by atoms with Crippen molar-refractivity contribution in [3.63, 3.8) is 0 Å². The maximum absolute atomic E-state index is 5.42. The molecule has 2 aromatic rings. The van der Waals surface area contributed by atoms with Crippen molar-refractivity contribution in [2.24, 2.45) is 5.92 Å². The van der Waals surface area contributed by atoms with Crippen molar-refractivity contribution in [1.29, 1.82) is 0 Å². The van der Waals surface area contributed by atoms with Gasteiger partial charge in [-0.15, -0.1) is 0 Å². The van der Waals surface area contributed by atoms with Crippen LogP contribution in [0.25, 0.3) is 11.5 Å². The van der Waals surface area contributed by atoms with Crippen LogP contribution in [0.5, 0.6) is 0 Å². The molecule has 2 atom stereocenters. The Bertz CT molecular complexity index is 509. The monoisotopic (exact) mass is 260 g/mol. The SMILES string of the molecule is CNC(C)C(c1nc(-c2ccccn2)no1)C(C)C. The molecule has 0 aliphatic carbocycles. The quantitative estimate of drug-likeness (QED) is 0.894. The highest BCUT2D eigenvalue weighted by Gasteiger charge is 2.27. The van der Waals surface area contributed by atoms with E-state index in [2.05, 4.69) is 41.2 Å². The van der Waals surface area contributed by atoms with Gasteiger partial charge in [0.2, 0.25) is 11.7 Å². The Kier molecular flexibility index (Phi) is 4.27. The van der Waals surface area contributed by atoms with Gasteiger partial charge in [-0.3, -0.25) is 4.98 Å². The van der Waals surface area contributed by atoms with Crippen LogP contribution < -0.4 is 5.32 Å². The number of aromatic nitrogens is 3. The van der Waals surface area contributed by atoms with Crippen molar-refractivity contribution in [2.45, 2.75) is 32.7 Å². The van der Waals surface area contributed by atoms with Gasteiger partial charge in [-0.2, -0.15) is 4.98 Å². The molecule has 0 spiro atoms. The average Bonchev–Trinajstić information content (AvgIpc) is 2.88. The minimum atomic E-state index is 0.190. The zero-order valence-electron chi connectivity index (χ0n) is 11.8. The van der Waals surface area contributed by atoms with Crippen LogP contribution in [0.3, 0.4) is 0 Å². The van der Waals surface area contributed by atoms with Crippen molar-refractivity contribution in [1.82, 2.24) is 20.4 Å². The van der Waals surface area contributed by atoms with Crippen molar-refractivity contribution in [3.05, 3.63) is 30.3 Å². The minimum Gasteiger partial charge on any atom is -0.339 e. The summed E-state index contributed by atoms with van der Waals surface area (Å²) in [4.78, 5) is 8.72. The maximum atomic E-state index is 5.42. The zero-order chi connectivity index (χ0) is 13.8. The fourth-order valence-electron chi connectivity index (χ4n) is 2.23. The molecule has 0 saturated carbocycles. The second-order valence-electron chi connectivity index (χ2n) is 5.02. The van der Waals surface area contributed by atoms with Gasteiger partial charge in [-0.25, -0.2) is 0 Å². The lowest BCUT2D eigenvalue weighted by Crippen LogP contribution is -2.32. The van der Waals surface area contributed by atoms with Gasteiger partial charge in [0.05, 0.1) is 5.92 Å². The Balaban J connectivity index is 2.29. The molecule has 2 unspecified atom stereocenters. The Labute approximate surface area is 113 Å². The number of hydrogen-bond acceptors (Lipinski definition) is 5. The predicted molar refractivity (Wildman–Crippen MR) is 73.6 cm³/mol. The summed E-state index contributed by atoms with van der Waals surface area (Å²) in [6, 6.07) is 5.93. The summed E-state index contributed by atoms with van der Waals surface area (Å²) in [7, 11) is 1.94. The molecule has 0 amide bonds. The van der Waals surface area contributed by atoms with Crippen molar-refractivity contribution < 1.29 is 4.52 Å². The molecule has 19 heavy (non-hydrogen) atoms. The molecule has 0 saturated heterocycles. The molecule has 0 aromatic carbocycles. The predicted octanol–water partition coefficient (Wildman–Crippen LogP) is 2.48. The molecule has 0 radical (unpaired) electrons. The molecule has 5 nitrogen and oxygen atoms in total. The summed E-state index contributed by atoms with van der Waals surface area (Å²) in [5.74, 6) is 1.82. The second kappa shape index (κ2) is 5.93. The van der Waals surface area contributed by atoms with Crippen molar-refractivity contribution in [2.75, 3.05) is 7.05 Å². The summed E-state index contributed by atoms with van der Waals surface area (Å²) < 4.78 is 5.42. The summed E-state index contributed by atoms with van der Waals surface area (Å²) >= 11 is 0. The highest BCUT2D eigenvalue weighted by Crippen LogP contribution is 2.27. The van der Waals surface area contributed by atoms with E-state index in [9.17, 15) is 0 Å². The Morgan fingerprint density at radius 2 is 2.00 bits per heavy atom. The number of pyridine rings is 1. The van der Waals surface area contributed by atoms with E-state index in [1.165, 1.54) is 0 Å². The van der Waals surface area contributed by atoms with Gasteiger partial charge in [0.15, 0.2) is 0 Å². The molecular formula is C14H20N4O. The molecule has 102 valence electrons. The minimum absolute atomic E-state index is 0.190. The molecule has 0 bridgehead atoms. The molecule has 0 fully saturated rings. The first-order valence-corrected chi connectivity index (χ1v) is 6.55. The second-order valence-corrected chi connectivity index (χ2v) is 5.02. The number of hydrogen-bond donors (Lipinski definition) is 1. The largest absolute Gasteiger partial charge is 0.339 e. The van der Waals surface area contributed by atoms with E-state index in [1.807, 2.05) is 25.2 Å². The van der Waals surface area contributed by atoms with E-state index in [0.29, 0.717) is 17.6 Å². The van der Waals surface area contributed by atoms with Crippen LogP contribution in [0.15, 0.2) is 28.9 Å². The first-order valence-electron chi connectivity index (χ1n) is 6.55. The van der Waals surface area contributed by atoms with Crippen LogP contribution in [0, 0.1) is 5.92 Å². The van der Waals surface area contributed by atoms with E-state index in [4.69, 9.17) is 4.52 Å². The van der Waals surface area contributed by atoms with Crippen LogP contribution in [0.4, 0.5) is 0 Å². The zero-order valence-corrected chi connectivity index (χ0v) is 11.8. The van der Waals surface area contributed by atoms with E-state index >= 15 is 0 Å². The first-order chi connectivity index (χ1) is 9.13. The molecule has 0 aliphatic rings. The average molecular weight is 260 g/mol. The van der Waals surface area contributed by atoms with Crippen LogP contribution in [-0.4, -0.2) is 28.2 Å². The Morgan fingerprint density at radius 1 is 1.21 bits per heavy atom. The third-order valence-electron chi connectivity index (χ3n) is 3.33. The first kappa shape index (κ1) is 13.7. The molecule has 1 N–H and O–H groups in total. The lowest BCUT2D eigenvalue weighted by Gasteiger charge is -2.23. The van der Waals surface area contributed by atoms with Gasteiger partial charge in [0.1, 0.15) is 5.69 Å². The van der Waals surface area contributed by atoms with Gasteiger partial charge in [0.25, 0.3) is 0 Å². The molecule has 2 aromatic heterocycles. The molecular weight excluding hydrogens is 240 g/mol. The lowest BCUT2D eigenvalue weighted by atomic mass is 9.89. The fraction of sp³-hybridized carbons (Fsp3) is 0.500. The summed E-state index contributed by atoms with van der Waals surface area (Å²) in [5.41, 5.74) is 0.733. The third-order valence-corrected chi connectivity index (χ3v) is 3.33. The van der Waals surface area contributed by atoms with Crippen LogP contribution in [-0.2, 0) is 0 Å². The molecule has 2 rings (SSSR count). The standard InChI is InChI=1S/C14H20N4O/c1-9(2)12(10(3)15-4)14-17-13(18-19-14)11-7-5-6-8-16-11/h5-10,12,15H,1-4H3. The normalized spacial score (nSPS) is 14.6. The lowest BCUT2D eigenvalue weighted by molar-refractivity contribution is 0.286. The highest BCUT2D eigenvalue weighted by atomic mass is 16.5. The Hall–Kier alpha value is -1.75. The van der Waals surface area contributed by atoms with Gasteiger partial charge < -0.3 is 9.84 Å². The van der Waals surface area contributed by atoms with E-state index < -0.39 is 0 Å². The summed E-state index contributed by atoms with van der Waals surface area (Å²) in [6.07, 6.45) is 1.72.